The molecule has 20 heavy (non-hydrogen) atoms. The van der Waals surface area contributed by atoms with Crippen LogP contribution in [0.1, 0.15) is 27.4 Å². The quantitative estimate of drug-likeness (QED) is 0.918. The summed E-state index contributed by atoms with van der Waals surface area (Å²) < 4.78 is 2.46. The lowest BCUT2D eigenvalue weighted by atomic mass is 10.1. The van der Waals surface area contributed by atoms with Crippen molar-refractivity contribution in [1.29, 1.82) is 0 Å². The zero-order chi connectivity index (χ0) is 14.7. The molecular formula is C13H16BrN5O. The van der Waals surface area contributed by atoms with E-state index in [1.54, 1.807) is 0 Å². The topological polar surface area (TPSA) is 72.7 Å². The first-order valence-electron chi connectivity index (χ1n) is 6.24. The number of halogens is 1. The smallest absolute Gasteiger partial charge is 0.271 e. The molecule has 0 spiro atoms. The van der Waals surface area contributed by atoms with Crippen molar-refractivity contribution in [3.05, 3.63) is 39.6 Å². The summed E-state index contributed by atoms with van der Waals surface area (Å²) in [6.45, 7) is 4.55. The summed E-state index contributed by atoms with van der Waals surface area (Å²) in [4.78, 5) is 19.9. The van der Waals surface area contributed by atoms with Gasteiger partial charge >= 0.3 is 0 Å². The van der Waals surface area contributed by atoms with Gasteiger partial charge in [-0.25, -0.2) is 9.97 Å². The van der Waals surface area contributed by atoms with Crippen molar-refractivity contribution in [2.45, 2.75) is 20.3 Å². The molecule has 2 heterocycles. The number of carbonyl (C=O) groups is 1. The van der Waals surface area contributed by atoms with Gasteiger partial charge in [0.2, 0.25) is 0 Å². The van der Waals surface area contributed by atoms with Gasteiger partial charge in [-0.1, -0.05) is 0 Å². The molecule has 0 aliphatic heterocycles. The van der Waals surface area contributed by atoms with Gasteiger partial charge in [0.05, 0.1) is 18.1 Å². The summed E-state index contributed by atoms with van der Waals surface area (Å²) in [5.74, 6) is -0.218. The van der Waals surface area contributed by atoms with E-state index in [2.05, 4.69) is 36.3 Å². The molecular weight excluding hydrogens is 322 g/mol. The van der Waals surface area contributed by atoms with Crippen LogP contribution in [0.4, 0.5) is 0 Å². The molecule has 0 radical (unpaired) electrons. The van der Waals surface area contributed by atoms with Gasteiger partial charge in [0.1, 0.15) is 10.3 Å². The third kappa shape index (κ3) is 3.22. The first-order chi connectivity index (χ1) is 9.49. The van der Waals surface area contributed by atoms with Crippen LogP contribution in [0, 0.1) is 13.8 Å². The summed E-state index contributed by atoms with van der Waals surface area (Å²) in [7, 11) is 1.92. The fraction of sp³-hybridized carbons (Fsp3) is 0.385. The zero-order valence-electron chi connectivity index (χ0n) is 11.6. The van der Waals surface area contributed by atoms with Crippen molar-refractivity contribution in [3.8, 4) is 0 Å². The molecule has 7 heteroatoms. The molecule has 1 amide bonds. The minimum atomic E-state index is -0.218. The van der Waals surface area contributed by atoms with E-state index in [1.165, 1.54) is 18.0 Å². The second kappa shape index (κ2) is 6.13. The van der Waals surface area contributed by atoms with E-state index < -0.39 is 0 Å². The molecule has 6 nitrogen and oxygen atoms in total. The Bertz CT molecular complexity index is 620. The average molecular weight is 338 g/mol. The number of aromatic nitrogens is 4. The summed E-state index contributed by atoms with van der Waals surface area (Å²) in [6, 6.07) is 0. The monoisotopic (exact) mass is 337 g/mol. The lowest BCUT2D eigenvalue weighted by Gasteiger charge is -2.05. The van der Waals surface area contributed by atoms with Gasteiger partial charge in [-0.3, -0.25) is 9.48 Å². The summed E-state index contributed by atoms with van der Waals surface area (Å²) in [5.41, 5.74) is 3.62. The standard InChI is InChI=1S/C13H16BrN5O/c1-8-10(9(2)19(3)18-8)4-5-15-13(20)11-6-17-12(14)7-16-11/h6-7H,4-5H2,1-3H3,(H,15,20). The number of amides is 1. The van der Waals surface area contributed by atoms with Crippen molar-refractivity contribution >= 4 is 21.8 Å². The maximum absolute atomic E-state index is 11.9. The van der Waals surface area contributed by atoms with Crippen LogP contribution in [0.3, 0.4) is 0 Å². The van der Waals surface area contributed by atoms with Gasteiger partial charge in [0.25, 0.3) is 5.91 Å². The Hall–Kier alpha value is -1.76. The molecule has 2 rings (SSSR count). The van der Waals surface area contributed by atoms with Crippen molar-refractivity contribution in [2.24, 2.45) is 7.05 Å². The maximum Gasteiger partial charge on any atom is 0.271 e. The summed E-state index contributed by atoms with van der Waals surface area (Å²) >= 11 is 3.18. The Morgan fingerprint density at radius 2 is 2.10 bits per heavy atom. The Kier molecular flexibility index (Phi) is 4.49. The summed E-state index contributed by atoms with van der Waals surface area (Å²) in [5, 5.41) is 7.19. The van der Waals surface area contributed by atoms with Crippen LogP contribution in [0.2, 0.25) is 0 Å². The molecule has 106 valence electrons. The van der Waals surface area contributed by atoms with Gasteiger partial charge < -0.3 is 5.32 Å². The van der Waals surface area contributed by atoms with E-state index in [9.17, 15) is 4.79 Å². The molecule has 0 bridgehead atoms. The Morgan fingerprint density at radius 1 is 1.35 bits per heavy atom. The number of nitrogens with one attached hydrogen (secondary N) is 1. The average Bonchev–Trinajstić information content (AvgIpc) is 2.65. The Labute approximate surface area is 125 Å². The van der Waals surface area contributed by atoms with Gasteiger partial charge in [-0.15, -0.1) is 0 Å². The predicted molar refractivity (Wildman–Crippen MR) is 78.5 cm³/mol. The van der Waals surface area contributed by atoms with Crippen LogP contribution in [0.5, 0.6) is 0 Å². The largest absolute Gasteiger partial charge is 0.350 e. The van der Waals surface area contributed by atoms with Gasteiger partial charge in [0.15, 0.2) is 0 Å². The molecule has 0 saturated heterocycles. The lowest BCUT2D eigenvalue weighted by Crippen LogP contribution is -2.26. The SMILES string of the molecule is Cc1nn(C)c(C)c1CCNC(=O)c1cnc(Br)cn1. The Balaban J connectivity index is 1.93. The van der Waals surface area contributed by atoms with Crippen LogP contribution in [0.25, 0.3) is 0 Å². The number of carbonyl (C=O) groups excluding carboxylic acids is 1. The number of hydrogen-bond acceptors (Lipinski definition) is 4. The molecule has 1 N–H and O–H groups in total. The molecule has 0 saturated carbocycles. The first kappa shape index (κ1) is 14.6. The van der Waals surface area contributed by atoms with E-state index >= 15 is 0 Å². The van der Waals surface area contributed by atoms with Crippen LogP contribution in [0.15, 0.2) is 17.0 Å². The van der Waals surface area contributed by atoms with Crippen LogP contribution in [-0.4, -0.2) is 32.2 Å². The first-order valence-corrected chi connectivity index (χ1v) is 7.03. The van der Waals surface area contributed by atoms with Crippen molar-refractivity contribution in [1.82, 2.24) is 25.1 Å². The fourth-order valence-corrected chi connectivity index (χ4v) is 2.21. The van der Waals surface area contributed by atoms with Crippen molar-refractivity contribution in [3.63, 3.8) is 0 Å². The fourth-order valence-electron chi connectivity index (χ4n) is 2.00. The van der Waals surface area contributed by atoms with Crippen LogP contribution < -0.4 is 5.32 Å². The summed E-state index contributed by atoms with van der Waals surface area (Å²) in [6.07, 6.45) is 3.70. The number of nitrogens with zero attached hydrogens (tertiary/aromatic N) is 4. The lowest BCUT2D eigenvalue weighted by molar-refractivity contribution is 0.0948. The molecule has 0 fully saturated rings. The molecule has 0 unspecified atom stereocenters. The van der Waals surface area contributed by atoms with Crippen molar-refractivity contribution < 1.29 is 4.79 Å². The second-order valence-corrected chi connectivity index (χ2v) is 5.32. The van der Waals surface area contributed by atoms with Crippen LogP contribution in [-0.2, 0) is 13.5 Å². The van der Waals surface area contributed by atoms with Gasteiger partial charge in [0, 0.05) is 19.3 Å². The Morgan fingerprint density at radius 3 is 2.65 bits per heavy atom. The highest BCUT2D eigenvalue weighted by Crippen LogP contribution is 2.11. The predicted octanol–water partition coefficient (Wildman–Crippen LogP) is 1.56. The van der Waals surface area contributed by atoms with Crippen LogP contribution >= 0.6 is 15.9 Å². The zero-order valence-corrected chi connectivity index (χ0v) is 13.2. The van der Waals surface area contributed by atoms with E-state index in [0.717, 1.165) is 17.8 Å². The highest BCUT2D eigenvalue weighted by Gasteiger charge is 2.11. The third-order valence-corrected chi connectivity index (χ3v) is 3.58. The molecule has 0 atom stereocenters. The molecule has 2 aromatic rings. The normalized spacial score (nSPS) is 10.6. The molecule has 0 aliphatic carbocycles. The third-order valence-electron chi connectivity index (χ3n) is 3.17. The molecule has 0 aliphatic rings. The van der Waals surface area contributed by atoms with E-state index in [1.807, 2.05) is 25.6 Å². The minimum absolute atomic E-state index is 0.218. The maximum atomic E-state index is 11.9. The van der Waals surface area contributed by atoms with E-state index in [4.69, 9.17) is 0 Å². The minimum Gasteiger partial charge on any atom is -0.350 e. The molecule has 0 aromatic carbocycles. The number of hydrogen-bond donors (Lipinski definition) is 1. The van der Waals surface area contributed by atoms with E-state index in [0.29, 0.717) is 16.8 Å². The van der Waals surface area contributed by atoms with Gasteiger partial charge in [-0.2, -0.15) is 5.10 Å². The second-order valence-electron chi connectivity index (χ2n) is 4.50. The van der Waals surface area contributed by atoms with Gasteiger partial charge in [-0.05, 0) is 41.8 Å². The molecule has 2 aromatic heterocycles. The highest BCUT2D eigenvalue weighted by molar-refractivity contribution is 9.10. The number of rotatable bonds is 4. The number of aryl methyl sites for hydroxylation is 2. The highest BCUT2D eigenvalue weighted by atomic mass is 79.9. The van der Waals surface area contributed by atoms with Crippen molar-refractivity contribution in [2.75, 3.05) is 6.54 Å². The van der Waals surface area contributed by atoms with E-state index in [-0.39, 0.29) is 5.91 Å².